The Morgan fingerprint density at radius 2 is 2.31 bits per heavy atom. The molecule has 74 valence electrons. The molecule has 0 aliphatic carbocycles. The predicted molar refractivity (Wildman–Crippen MR) is 52.7 cm³/mol. The molecule has 13 heavy (non-hydrogen) atoms. The van der Waals surface area contributed by atoms with E-state index in [-0.39, 0.29) is 0 Å². The summed E-state index contributed by atoms with van der Waals surface area (Å²) in [5, 5.41) is 7.72. The SMILES string of the molecule is CC(Cn1cnnc1CCl)N(C)C. The summed E-state index contributed by atoms with van der Waals surface area (Å²) in [7, 11) is 4.10. The number of rotatable bonds is 4. The van der Waals surface area contributed by atoms with E-state index >= 15 is 0 Å². The lowest BCUT2D eigenvalue weighted by Crippen LogP contribution is -2.29. The van der Waals surface area contributed by atoms with Crippen LogP contribution in [-0.4, -0.2) is 39.8 Å². The van der Waals surface area contributed by atoms with Crippen LogP contribution in [0.4, 0.5) is 0 Å². The number of nitrogens with zero attached hydrogens (tertiary/aromatic N) is 4. The molecule has 1 unspecified atom stereocenters. The highest BCUT2D eigenvalue weighted by atomic mass is 35.5. The second-order valence-electron chi connectivity index (χ2n) is 3.35. The van der Waals surface area contributed by atoms with Crippen LogP contribution in [0.15, 0.2) is 6.33 Å². The first kappa shape index (κ1) is 10.5. The molecule has 0 radical (unpaired) electrons. The topological polar surface area (TPSA) is 34.0 Å². The van der Waals surface area contributed by atoms with Crippen LogP contribution in [0.3, 0.4) is 0 Å². The lowest BCUT2D eigenvalue weighted by Gasteiger charge is -2.20. The van der Waals surface area contributed by atoms with Gasteiger partial charge in [-0.2, -0.15) is 0 Å². The molecule has 0 saturated carbocycles. The number of hydrogen-bond acceptors (Lipinski definition) is 3. The lowest BCUT2D eigenvalue weighted by atomic mass is 10.3. The molecule has 0 saturated heterocycles. The highest BCUT2D eigenvalue weighted by Gasteiger charge is 2.08. The molecule has 0 spiro atoms. The second-order valence-corrected chi connectivity index (χ2v) is 3.61. The molecule has 1 rings (SSSR count). The minimum Gasteiger partial charge on any atom is -0.315 e. The Kier molecular flexibility index (Phi) is 3.69. The van der Waals surface area contributed by atoms with Gasteiger partial charge >= 0.3 is 0 Å². The maximum atomic E-state index is 5.70. The van der Waals surface area contributed by atoms with Crippen LogP contribution in [0.5, 0.6) is 0 Å². The molecule has 1 aromatic rings. The smallest absolute Gasteiger partial charge is 0.147 e. The van der Waals surface area contributed by atoms with Gasteiger partial charge in [-0.15, -0.1) is 21.8 Å². The Morgan fingerprint density at radius 1 is 1.62 bits per heavy atom. The fourth-order valence-electron chi connectivity index (χ4n) is 0.983. The van der Waals surface area contributed by atoms with Crippen LogP contribution < -0.4 is 0 Å². The van der Waals surface area contributed by atoms with Crippen molar-refractivity contribution in [1.82, 2.24) is 19.7 Å². The molecule has 1 heterocycles. The minimum atomic E-state index is 0.417. The standard InChI is InChI=1S/C8H15ClN4/c1-7(12(2)3)5-13-6-10-11-8(13)4-9/h6-7H,4-5H2,1-3H3. The molecule has 0 aliphatic rings. The number of hydrogen-bond donors (Lipinski definition) is 0. The fraction of sp³-hybridized carbons (Fsp3) is 0.750. The highest BCUT2D eigenvalue weighted by Crippen LogP contribution is 2.03. The monoisotopic (exact) mass is 202 g/mol. The zero-order valence-electron chi connectivity index (χ0n) is 8.24. The zero-order chi connectivity index (χ0) is 9.84. The van der Waals surface area contributed by atoms with Crippen molar-refractivity contribution in [2.45, 2.75) is 25.4 Å². The molecule has 1 aromatic heterocycles. The maximum Gasteiger partial charge on any atom is 0.147 e. The average Bonchev–Trinajstić information content (AvgIpc) is 2.51. The van der Waals surface area contributed by atoms with Gasteiger partial charge in [-0.25, -0.2) is 0 Å². The van der Waals surface area contributed by atoms with Crippen LogP contribution in [-0.2, 0) is 12.4 Å². The van der Waals surface area contributed by atoms with Crippen LogP contribution in [0.25, 0.3) is 0 Å². The summed E-state index contributed by atoms with van der Waals surface area (Å²) in [6.07, 6.45) is 1.72. The van der Waals surface area contributed by atoms with E-state index in [1.807, 2.05) is 4.57 Å². The zero-order valence-corrected chi connectivity index (χ0v) is 8.99. The van der Waals surface area contributed by atoms with Gasteiger partial charge in [0.25, 0.3) is 0 Å². The Labute approximate surface area is 83.5 Å². The van der Waals surface area contributed by atoms with Crippen LogP contribution in [0.1, 0.15) is 12.7 Å². The van der Waals surface area contributed by atoms with E-state index in [2.05, 4.69) is 36.1 Å². The van der Waals surface area contributed by atoms with Crippen molar-refractivity contribution in [3.63, 3.8) is 0 Å². The first-order valence-corrected chi connectivity index (χ1v) is 4.77. The van der Waals surface area contributed by atoms with Crippen molar-refractivity contribution >= 4 is 11.6 Å². The van der Waals surface area contributed by atoms with Crippen LogP contribution >= 0.6 is 11.6 Å². The molecule has 4 nitrogen and oxygen atoms in total. The molecule has 0 bridgehead atoms. The van der Waals surface area contributed by atoms with Gasteiger partial charge in [-0.1, -0.05) is 0 Å². The summed E-state index contributed by atoms with van der Waals surface area (Å²) >= 11 is 5.70. The predicted octanol–water partition coefficient (Wildman–Crippen LogP) is 0.967. The largest absolute Gasteiger partial charge is 0.315 e. The number of halogens is 1. The molecule has 1 atom stereocenters. The van der Waals surface area contributed by atoms with E-state index in [1.54, 1.807) is 6.33 Å². The summed E-state index contributed by atoms with van der Waals surface area (Å²) in [6.45, 7) is 3.03. The first-order chi connectivity index (χ1) is 6.15. The quantitative estimate of drug-likeness (QED) is 0.683. The lowest BCUT2D eigenvalue weighted by molar-refractivity contribution is 0.282. The Morgan fingerprint density at radius 3 is 2.85 bits per heavy atom. The van der Waals surface area contributed by atoms with Gasteiger partial charge in [0.1, 0.15) is 12.2 Å². The maximum absolute atomic E-state index is 5.70. The van der Waals surface area contributed by atoms with Crippen molar-refractivity contribution in [2.75, 3.05) is 14.1 Å². The normalized spacial score (nSPS) is 13.6. The van der Waals surface area contributed by atoms with Gasteiger partial charge in [0.05, 0.1) is 5.88 Å². The first-order valence-electron chi connectivity index (χ1n) is 4.24. The van der Waals surface area contributed by atoms with Gasteiger partial charge in [0, 0.05) is 12.6 Å². The van der Waals surface area contributed by atoms with Crippen LogP contribution in [0, 0.1) is 0 Å². The van der Waals surface area contributed by atoms with Crippen molar-refractivity contribution in [3.8, 4) is 0 Å². The van der Waals surface area contributed by atoms with E-state index in [0.717, 1.165) is 12.4 Å². The summed E-state index contributed by atoms with van der Waals surface area (Å²) in [4.78, 5) is 2.15. The van der Waals surface area contributed by atoms with E-state index in [0.29, 0.717) is 11.9 Å². The molecular formula is C8H15ClN4. The Hall–Kier alpha value is -0.610. The molecule has 0 aromatic carbocycles. The molecule has 0 N–H and O–H groups in total. The fourth-order valence-corrected chi connectivity index (χ4v) is 1.19. The van der Waals surface area contributed by atoms with Gasteiger partial charge < -0.3 is 9.47 Å². The van der Waals surface area contributed by atoms with Crippen molar-refractivity contribution < 1.29 is 0 Å². The molecule has 5 heteroatoms. The summed E-state index contributed by atoms with van der Waals surface area (Å²) in [5.41, 5.74) is 0. The van der Waals surface area contributed by atoms with Crippen molar-refractivity contribution in [2.24, 2.45) is 0 Å². The minimum absolute atomic E-state index is 0.417. The van der Waals surface area contributed by atoms with E-state index in [1.165, 1.54) is 0 Å². The van der Waals surface area contributed by atoms with E-state index in [9.17, 15) is 0 Å². The average molecular weight is 203 g/mol. The number of aromatic nitrogens is 3. The van der Waals surface area contributed by atoms with Crippen molar-refractivity contribution in [1.29, 1.82) is 0 Å². The van der Waals surface area contributed by atoms with Crippen LogP contribution in [0.2, 0.25) is 0 Å². The van der Waals surface area contributed by atoms with E-state index < -0.39 is 0 Å². The second kappa shape index (κ2) is 4.58. The molecule has 0 fully saturated rings. The molecule has 0 amide bonds. The Bertz CT molecular complexity index is 258. The highest BCUT2D eigenvalue weighted by molar-refractivity contribution is 6.16. The summed E-state index contributed by atoms with van der Waals surface area (Å²) < 4.78 is 1.98. The van der Waals surface area contributed by atoms with Gasteiger partial charge in [0.2, 0.25) is 0 Å². The third-order valence-corrected chi connectivity index (χ3v) is 2.40. The Balaban J connectivity index is 2.62. The van der Waals surface area contributed by atoms with Crippen molar-refractivity contribution in [3.05, 3.63) is 12.2 Å². The third kappa shape index (κ3) is 2.67. The van der Waals surface area contributed by atoms with E-state index in [4.69, 9.17) is 11.6 Å². The molecule has 0 aliphatic heterocycles. The number of alkyl halides is 1. The summed E-state index contributed by atoms with van der Waals surface area (Å²) in [6, 6.07) is 0.456. The third-order valence-electron chi connectivity index (χ3n) is 2.16. The summed E-state index contributed by atoms with van der Waals surface area (Å²) in [5.74, 6) is 1.25. The van der Waals surface area contributed by atoms with Gasteiger partial charge in [0.15, 0.2) is 0 Å². The van der Waals surface area contributed by atoms with Gasteiger partial charge in [-0.3, -0.25) is 0 Å². The number of likely N-dealkylation sites (N-methyl/N-ethyl adjacent to an activating group) is 1. The van der Waals surface area contributed by atoms with Gasteiger partial charge in [-0.05, 0) is 21.0 Å². The molecular weight excluding hydrogens is 188 g/mol.